The first-order valence-corrected chi connectivity index (χ1v) is 17.7. The van der Waals surface area contributed by atoms with Gasteiger partial charge in [-0.2, -0.15) is 0 Å². The van der Waals surface area contributed by atoms with E-state index in [1.165, 1.54) is 22.7 Å². The summed E-state index contributed by atoms with van der Waals surface area (Å²) in [7, 11) is 0. The van der Waals surface area contributed by atoms with E-state index < -0.39 is 11.9 Å². The van der Waals surface area contributed by atoms with Crippen molar-refractivity contribution in [1.29, 1.82) is 0 Å². The van der Waals surface area contributed by atoms with Crippen molar-refractivity contribution in [1.82, 2.24) is 0 Å². The van der Waals surface area contributed by atoms with Gasteiger partial charge < -0.3 is 20.5 Å². The van der Waals surface area contributed by atoms with Crippen molar-refractivity contribution in [3.63, 3.8) is 0 Å². The molecule has 49 heavy (non-hydrogen) atoms. The minimum Gasteiger partial charge on any atom is -0.506 e. The average molecular weight is 696 g/mol. The molecule has 3 N–H and O–H groups in total. The van der Waals surface area contributed by atoms with Crippen LogP contribution < -0.4 is 20.3 Å². The van der Waals surface area contributed by atoms with Gasteiger partial charge in [0.1, 0.15) is 23.8 Å². The summed E-state index contributed by atoms with van der Waals surface area (Å²) < 4.78 is 6.04. The molecule has 0 saturated heterocycles. The van der Waals surface area contributed by atoms with E-state index >= 15 is 0 Å². The Bertz CT molecular complexity index is 1940. The Morgan fingerprint density at radius 3 is 2.51 bits per heavy atom. The molecular weight excluding hydrogens is 658 g/mol. The number of para-hydroxylation sites is 2. The molecule has 4 aromatic carbocycles. The normalized spacial score (nSPS) is 16.6. The molecule has 0 spiro atoms. The number of Topliss-reactive ketones (excluding diaryl/α,β-unsaturated/α-hetero) is 1. The molecule has 0 saturated carbocycles. The van der Waals surface area contributed by atoms with Crippen LogP contribution >= 0.6 is 23.4 Å². The number of benzene rings is 4. The van der Waals surface area contributed by atoms with Gasteiger partial charge in [-0.05, 0) is 65.6 Å². The molecule has 10 heteroatoms. The number of allylic oxidation sites excluding steroid dienone is 1. The smallest absolute Gasteiger partial charge is 0.228 e. The number of carbonyl (C=O) groups is 3. The number of nitrogens with zero attached hydrogens (tertiary/aromatic N) is 1. The number of phenolic OH excluding ortho intramolecular Hbond substituents is 1. The fourth-order valence-electron chi connectivity index (χ4n) is 6.47. The van der Waals surface area contributed by atoms with Crippen molar-refractivity contribution in [3.8, 4) is 11.5 Å². The Morgan fingerprint density at radius 1 is 1.00 bits per heavy atom. The largest absolute Gasteiger partial charge is 0.506 e. The first-order chi connectivity index (χ1) is 23.5. The summed E-state index contributed by atoms with van der Waals surface area (Å²) in [6, 6.07) is 26.5. The Hall–Kier alpha value is -4.73. The molecule has 2 amide bonds. The van der Waals surface area contributed by atoms with Gasteiger partial charge in [-0.15, -0.1) is 11.8 Å². The number of aromatic hydroxyl groups is 1. The van der Waals surface area contributed by atoms with Crippen LogP contribution in [0.3, 0.4) is 0 Å². The van der Waals surface area contributed by atoms with Crippen LogP contribution in [0.4, 0.5) is 17.1 Å². The minimum atomic E-state index is -0.933. The molecule has 4 aromatic rings. The fraction of sp³-hybridized carbons (Fsp3) is 0.256. The van der Waals surface area contributed by atoms with Crippen molar-refractivity contribution in [2.24, 2.45) is 5.41 Å². The summed E-state index contributed by atoms with van der Waals surface area (Å²) in [6.45, 7) is 4.38. The van der Waals surface area contributed by atoms with E-state index in [9.17, 15) is 19.5 Å². The molecule has 1 unspecified atom stereocenters. The number of halogens is 1. The zero-order chi connectivity index (χ0) is 34.7. The zero-order valence-electron chi connectivity index (χ0n) is 27.6. The second kappa shape index (κ2) is 14.4. The van der Waals surface area contributed by atoms with E-state index in [0.717, 1.165) is 10.5 Å². The second-order valence-corrected chi connectivity index (χ2v) is 14.3. The third kappa shape index (κ3) is 7.48. The molecule has 0 aromatic heterocycles. The van der Waals surface area contributed by atoms with Crippen LogP contribution in [0.25, 0.3) is 0 Å². The van der Waals surface area contributed by atoms with Gasteiger partial charge in [0.2, 0.25) is 11.8 Å². The SMILES string of the molecule is CSc1ccccc1NC(=O)CCC(=O)N1c2cccc(O)c2NC2=C(C(=O)CC(C)(C)C2)C1c1ccc(OCc2ccccc2)cc1Cl. The van der Waals surface area contributed by atoms with Gasteiger partial charge in [-0.3, -0.25) is 19.3 Å². The lowest BCUT2D eigenvalue weighted by molar-refractivity contribution is -0.123. The Balaban J connectivity index is 1.39. The fourth-order valence-corrected chi connectivity index (χ4v) is 7.30. The first kappa shape index (κ1) is 34.1. The van der Waals surface area contributed by atoms with E-state index in [4.69, 9.17) is 16.3 Å². The highest BCUT2D eigenvalue weighted by Crippen LogP contribution is 2.51. The molecule has 1 aliphatic heterocycles. The number of ether oxygens (including phenoxy) is 1. The van der Waals surface area contributed by atoms with Crippen LogP contribution in [0.2, 0.25) is 5.02 Å². The van der Waals surface area contributed by atoms with Crippen molar-refractivity contribution >= 4 is 58.0 Å². The summed E-state index contributed by atoms with van der Waals surface area (Å²) in [5.41, 5.74) is 3.55. The molecule has 0 radical (unpaired) electrons. The number of carbonyl (C=O) groups excluding carboxylic acids is 3. The first-order valence-electron chi connectivity index (χ1n) is 16.1. The molecule has 0 bridgehead atoms. The van der Waals surface area contributed by atoms with Crippen LogP contribution in [-0.4, -0.2) is 29.0 Å². The molecule has 8 nitrogen and oxygen atoms in total. The summed E-state index contributed by atoms with van der Waals surface area (Å²) in [4.78, 5) is 44.2. The second-order valence-electron chi connectivity index (χ2n) is 13.0. The molecule has 0 fully saturated rings. The number of rotatable bonds is 9. The number of thioether (sulfide) groups is 1. The van der Waals surface area contributed by atoms with Gasteiger partial charge in [0.25, 0.3) is 0 Å². The van der Waals surface area contributed by atoms with E-state index in [-0.39, 0.29) is 42.1 Å². The highest BCUT2D eigenvalue weighted by atomic mass is 35.5. The topological polar surface area (TPSA) is 108 Å². The summed E-state index contributed by atoms with van der Waals surface area (Å²) >= 11 is 8.53. The van der Waals surface area contributed by atoms with Gasteiger partial charge in [-0.25, -0.2) is 0 Å². The van der Waals surface area contributed by atoms with Crippen molar-refractivity contribution in [2.45, 2.75) is 57.1 Å². The number of anilines is 3. The summed E-state index contributed by atoms with van der Waals surface area (Å²) in [5, 5.41) is 17.7. The van der Waals surface area contributed by atoms with E-state index in [1.54, 1.807) is 30.3 Å². The average Bonchev–Trinajstić information content (AvgIpc) is 3.22. The number of hydrogen-bond donors (Lipinski definition) is 3. The molecule has 1 aliphatic carbocycles. The van der Waals surface area contributed by atoms with Crippen LogP contribution in [0, 0.1) is 5.41 Å². The van der Waals surface area contributed by atoms with Crippen molar-refractivity contribution < 1.29 is 24.2 Å². The molecule has 1 heterocycles. The molecule has 2 aliphatic rings. The number of nitrogens with one attached hydrogen (secondary N) is 2. The third-order valence-electron chi connectivity index (χ3n) is 8.74. The predicted octanol–water partition coefficient (Wildman–Crippen LogP) is 8.91. The number of amides is 2. The van der Waals surface area contributed by atoms with Crippen LogP contribution in [0.5, 0.6) is 11.5 Å². The zero-order valence-corrected chi connectivity index (χ0v) is 29.2. The van der Waals surface area contributed by atoms with Crippen molar-refractivity contribution in [3.05, 3.63) is 118 Å². The maximum absolute atomic E-state index is 14.5. The highest BCUT2D eigenvalue weighted by Gasteiger charge is 2.44. The maximum Gasteiger partial charge on any atom is 0.228 e. The van der Waals surface area contributed by atoms with Gasteiger partial charge >= 0.3 is 0 Å². The quantitative estimate of drug-likeness (QED) is 0.119. The number of ketones is 1. The standard InChI is InChI=1S/C39H38ClN3O5S/c1-39(2)21-29-36(32(45)22-39)38(26-17-16-25(20-27(26)40)48-23-24-10-5-4-6-11-24)43(30-13-9-14-31(44)37(30)42-29)35(47)19-18-34(46)41-28-12-7-8-15-33(28)49-3/h4-17,20,38,42,44H,18-19,21-23H2,1-3H3,(H,41,46). The molecule has 1 atom stereocenters. The van der Waals surface area contributed by atoms with Crippen LogP contribution in [-0.2, 0) is 21.0 Å². The Kier molecular flexibility index (Phi) is 10.0. The maximum atomic E-state index is 14.5. The van der Waals surface area contributed by atoms with E-state index in [0.29, 0.717) is 57.7 Å². The lowest BCUT2D eigenvalue weighted by Crippen LogP contribution is -2.40. The van der Waals surface area contributed by atoms with E-state index in [2.05, 4.69) is 10.6 Å². The third-order valence-corrected chi connectivity index (χ3v) is 9.86. The van der Waals surface area contributed by atoms with Crippen molar-refractivity contribution in [2.75, 3.05) is 21.8 Å². The number of phenols is 1. The van der Waals surface area contributed by atoms with Gasteiger partial charge in [0.05, 0.1) is 17.4 Å². The Labute approximate surface area is 295 Å². The Morgan fingerprint density at radius 2 is 1.76 bits per heavy atom. The molecule has 6 rings (SSSR count). The van der Waals surface area contributed by atoms with Gasteiger partial charge in [0.15, 0.2) is 5.78 Å². The number of fused-ring (bicyclic) bond motifs is 1. The minimum absolute atomic E-state index is 0.0687. The monoisotopic (exact) mass is 695 g/mol. The highest BCUT2D eigenvalue weighted by molar-refractivity contribution is 7.98. The van der Waals surface area contributed by atoms with Crippen LogP contribution in [0.1, 0.15) is 56.7 Å². The van der Waals surface area contributed by atoms with Gasteiger partial charge in [-0.1, -0.05) is 80.0 Å². The number of hydrogen-bond acceptors (Lipinski definition) is 7. The molecular formula is C39H38ClN3O5S. The summed E-state index contributed by atoms with van der Waals surface area (Å²) in [6.07, 6.45) is 2.45. The lowest BCUT2D eigenvalue weighted by atomic mass is 9.73. The lowest BCUT2D eigenvalue weighted by Gasteiger charge is -2.37. The van der Waals surface area contributed by atoms with Crippen LogP contribution in [0.15, 0.2) is 107 Å². The van der Waals surface area contributed by atoms with Gasteiger partial charge in [0, 0.05) is 40.5 Å². The molecule has 252 valence electrons. The predicted molar refractivity (Wildman–Crippen MR) is 195 cm³/mol. The van der Waals surface area contributed by atoms with E-state index in [1.807, 2.05) is 74.7 Å². The summed E-state index contributed by atoms with van der Waals surface area (Å²) in [5.74, 6) is -0.378.